The Labute approximate surface area is 119 Å². The molecule has 0 radical (unpaired) electrons. The fourth-order valence-corrected chi connectivity index (χ4v) is 3.48. The molecule has 1 saturated heterocycles. The molecule has 0 saturated carbocycles. The second-order valence-electron chi connectivity index (χ2n) is 4.43. The number of rotatable bonds is 2. The highest BCUT2D eigenvalue weighted by atomic mass is 79.9. The molecule has 1 aliphatic heterocycles. The van der Waals surface area contributed by atoms with Crippen molar-refractivity contribution in [2.75, 3.05) is 11.1 Å². The molecule has 0 spiro atoms. The minimum Gasteiger partial charge on any atom is -0.325 e. The Kier molecular flexibility index (Phi) is 4.67. The Morgan fingerprint density at radius 1 is 1.50 bits per heavy atom. The summed E-state index contributed by atoms with van der Waals surface area (Å²) >= 11 is 4.84. The van der Waals surface area contributed by atoms with Gasteiger partial charge in [0.05, 0.1) is 9.72 Å². The molecule has 1 fully saturated rings. The molecule has 0 aromatic heterocycles. The number of carbonyl (C=O) groups excluding carboxylic acids is 1. The lowest BCUT2D eigenvalue weighted by molar-refractivity contribution is -0.115. The zero-order chi connectivity index (χ0) is 13.1. The van der Waals surface area contributed by atoms with Gasteiger partial charge in [-0.15, -0.1) is 11.8 Å². The number of carbonyl (C=O) groups is 1. The molecule has 1 unspecified atom stereocenters. The Balaban J connectivity index is 2.08. The molecule has 0 aliphatic carbocycles. The van der Waals surface area contributed by atoms with Gasteiger partial charge in [-0.05, 0) is 59.1 Å². The van der Waals surface area contributed by atoms with E-state index < -0.39 is 0 Å². The van der Waals surface area contributed by atoms with Crippen LogP contribution in [0.4, 0.5) is 10.1 Å². The van der Waals surface area contributed by atoms with E-state index in [9.17, 15) is 9.18 Å². The number of hydrogen-bond acceptors (Lipinski definition) is 2. The van der Waals surface area contributed by atoms with Gasteiger partial charge in [0.2, 0.25) is 5.91 Å². The first-order valence-corrected chi connectivity index (χ1v) is 7.80. The van der Waals surface area contributed by atoms with Crippen LogP contribution in [0.3, 0.4) is 0 Å². The first-order chi connectivity index (χ1) is 8.58. The number of aryl methyl sites for hydroxylation is 1. The monoisotopic (exact) mass is 331 g/mol. The largest absolute Gasteiger partial charge is 0.325 e. The van der Waals surface area contributed by atoms with Gasteiger partial charge in [0, 0.05) is 5.69 Å². The molecule has 2 nitrogen and oxygen atoms in total. The van der Waals surface area contributed by atoms with Gasteiger partial charge < -0.3 is 5.32 Å². The number of nitrogens with one attached hydrogen (secondary N) is 1. The van der Waals surface area contributed by atoms with Crippen molar-refractivity contribution in [1.82, 2.24) is 0 Å². The van der Waals surface area contributed by atoms with E-state index >= 15 is 0 Å². The van der Waals surface area contributed by atoms with Crippen LogP contribution >= 0.6 is 27.7 Å². The van der Waals surface area contributed by atoms with Crippen LogP contribution in [0, 0.1) is 12.7 Å². The van der Waals surface area contributed by atoms with Crippen molar-refractivity contribution >= 4 is 39.3 Å². The van der Waals surface area contributed by atoms with Crippen molar-refractivity contribution in [3.8, 4) is 0 Å². The minimum absolute atomic E-state index is 0.0290. The number of halogens is 2. The maximum Gasteiger partial charge on any atom is 0.237 e. The van der Waals surface area contributed by atoms with E-state index in [1.807, 2.05) is 0 Å². The third-order valence-electron chi connectivity index (χ3n) is 3.00. The normalized spacial score (nSPS) is 19.6. The highest BCUT2D eigenvalue weighted by Gasteiger charge is 2.22. The summed E-state index contributed by atoms with van der Waals surface area (Å²) in [7, 11) is 0. The molecule has 1 aromatic carbocycles. The van der Waals surface area contributed by atoms with Crippen LogP contribution in [0.25, 0.3) is 0 Å². The smallest absolute Gasteiger partial charge is 0.237 e. The fraction of sp³-hybridized carbons (Fsp3) is 0.462. The summed E-state index contributed by atoms with van der Waals surface area (Å²) in [6, 6.07) is 3.05. The van der Waals surface area contributed by atoms with E-state index in [1.54, 1.807) is 24.8 Å². The van der Waals surface area contributed by atoms with Gasteiger partial charge in [0.1, 0.15) is 5.82 Å². The van der Waals surface area contributed by atoms with Crippen molar-refractivity contribution in [1.29, 1.82) is 0 Å². The third-order valence-corrected chi connectivity index (χ3v) is 4.98. The van der Waals surface area contributed by atoms with Crippen LogP contribution in [0.5, 0.6) is 0 Å². The summed E-state index contributed by atoms with van der Waals surface area (Å²) in [5, 5.41) is 2.92. The van der Waals surface area contributed by atoms with Crippen LogP contribution in [0.2, 0.25) is 0 Å². The molecule has 1 aromatic rings. The van der Waals surface area contributed by atoms with E-state index in [2.05, 4.69) is 21.2 Å². The van der Waals surface area contributed by atoms with E-state index in [0.717, 1.165) is 24.2 Å². The highest BCUT2D eigenvalue weighted by Crippen LogP contribution is 2.28. The predicted molar refractivity (Wildman–Crippen MR) is 77.6 cm³/mol. The van der Waals surface area contributed by atoms with Crippen molar-refractivity contribution in [3.63, 3.8) is 0 Å². The number of thioether (sulfide) groups is 1. The molecule has 1 atom stereocenters. The van der Waals surface area contributed by atoms with E-state index in [0.29, 0.717) is 10.2 Å². The Bertz CT molecular complexity index is 461. The first kappa shape index (κ1) is 13.9. The molecule has 0 bridgehead atoms. The summed E-state index contributed by atoms with van der Waals surface area (Å²) in [6.45, 7) is 1.79. The highest BCUT2D eigenvalue weighted by molar-refractivity contribution is 9.10. The second-order valence-corrected chi connectivity index (χ2v) is 6.59. The Morgan fingerprint density at radius 3 is 2.94 bits per heavy atom. The van der Waals surface area contributed by atoms with Crippen molar-refractivity contribution in [3.05, 3.63) is 28.0 Å². The maximum absolute atomic E-state index is 13.3. The Hall–Kier alpha value is -0.550. The van der Waals surface area contributed by atoms with Gasteiger partial charge in [-0.1, -0.05) is 6.42 Å². The quantitative estimate of drug-likeness (QED) is 0.883. The first-order valence-electron chi connectivity index (χ1n) is 5.96. The van der Waals surface area contributed by atoms with Crippen molar-refractivity contribution < 1.29 is 9.18 Å². The average molecular weight is 332 g/mol. The second kappa shape index (κ2) is 6.06. The molecular weight excluding hydrogens is 317 g/mol. The van der Waals surface area contributed by atoms with Crippen LogP contribution in [-0.4, -0.2) is 16.9 Å². The lowest BCUT2D eigenvalue weighted by Gasteiger charge is -2.21. The van der Waals surface area contributed by atoms with E-state index in [-0.39, 0.29) is 17.0 Å². The van der Waals surface area contributed by atoms with Crippen LogP contribution in [-0.2, 0) is 4.79 Å². The van der Waals surface area contributed by atoms with E-state index in [4.69, 9.17) is 0 Å². The van der Waals surface area contributed by atoms with Crippen molar-refractivity contribution in [2.24, 2.45) is 0 Å². The van der Waals surface area contributed by atoms with Gasteiger partial charge in [0.15, 0.2) is 0 Å². The zero-order valence-electron chi connectivity index (χ0n) is 10.1. The molecule has 1 aliphatic rings. The third kappa shape index (κ3) is 3.26. The molecular formula is C13H15BrFNOS. The molecule has 98 valence electrons. The molecule has 18 heavy (non-hydrogen) atoms. The standard InChI is InChI=1S/C13H15BrFNOS/c1-8-6-10(15)9(14)7-11(8)16-13(17)12-4-2-3-5-18-12/h6-7,12H,2-5H2,1H3,(H,16,17). The summed E-state index contributed by atoms with van der Waals surface area (Å²) < 4.78 is 13.7. The van der Waals surface area contributed by atoms with Gasteiger partial charge in [-0.2, -0.15) is 0 Å². The number of anilines is 1. The lowest BCUT2D eigenvalue weighted by Crippen LogP contribution is -2.27. The number of hydrogen-bond donors (Lipinski definition) is 1. The number of amides is 1. The molecule has 1 heterocycles. The van der Waals surface area contributed by atoms with Gasteiger partial charge >= 0.3 is 0 Å². The average Bonchev–Trinajstić information content (AvgIpc) is 2.37. The van der Waals surface area contributed by atoms with E-state index in [1.165, 1.54) is 12.5 Å². The summed E-state index contributed by atoms with van der Waals surface area (Å²) in [5.41, 5.74) is 1.42. The lowest BCUT2D eigenvalue weighted by atomic mass is 10.1. The molecule has 5 heteroatoms. The summed E-state index contributed by atoms with van der Waals surface area (Å²) in [4.78, 5) is 12.1. The predicted octanol–water partition coefficient (Wildman–Crippen LogP) is 4.12. The molecule has 1 N–H and O–H groups in total. The number of benzene rings is 1. The van der Waals surface area contributed by atoms with Gasteiger partial charge in [-0.3, -0.25) is 4.79 Å². The fourth-order valence-electron chi connectivity index (χ4n) is 1.94. The SMILES string of the molecule is Cc1cc(F)c(Br)cc1NC(=O)C1CCCCS1. The summed E-state index contributed by atoms with van der Waals surface area (Å²) in [6.07, 6.45) is 3.23. The topological polar surface area (TPSA) is 29.1 Å². The summed E-state index contributed by atoms with van der Waals surface area (Å²) in [5.74, 6) is 0.767. The van der Waals surface area contributed by atoms with Crippen molar-refractivity contribution in [2.45, 2.75) is 31.4 Å². The van der Waals surface area contributed by atoms with Crippen LogP contribution < -0.4 is 5.32 Å². The van der Waals surface area contributed by atoms with Gasteiger partial charge in [0.25, 0.3) is 0 Å². The minimum atomic E-state index is -0.308. The van der Waals surface area contributed by atoms with Gasteiger partial charge in [-0.25, -0.2) is 4.39 Å². The maximum atomic E-state index is 13.3. The zero-order valence-corrected chi connectivity index (χ0v) is 12.5. The van der Waals surface area contributed by atoms with Crippen LogP contribution in [0.15, 0.2) is 16.6 Å². The molecule has 1 amide bonds. The molecule has 2 rings (SSSR count). The van der Waals surface area contributed by atoms with Crippen LogP contribution in [0.1, 0.15) is 24.8 Å². The Morgan fingerprint density at radius 2 is 2.28 bits per heavy atom.